The summed E-state index contributed by atoms with van der Waals surface area (Å²) >= 11 is 0. The zero-order valence-electron chi connectivity index (χ0n) is 18.6. The van der Waals surface area contributed by atoms with Crippen LogP contribution in [0.15, 0.2) is 12.3 Å². The van der Waals surface area contributed by atoms with Crippen LogP contribution < -0.4 is 0 Å². The van der Waals surface area contributed by atoms with E-state index < -0.39 is 9.84 Å². The number of hydrogen-bond donors (Lipinski definition) is 0. The highest BCUT2D eigenvalue weighted by molar-refractivity contribution is 7.91. The Hall–Kier alpha value is -2.00. The van der Waals surface area contributed by atoms with Crippen LogP contribution in [0.5, 0.6) is 0 Å². The minimum absolute atomic E-state index is 0.0372. The molecule has 2 aromatic heterocycles. The van der Waals surface area contributed by atoms with Crippen molar-refractivity contribution < 1.29 is 13.2 Å². The summed E-state index contributed by atoms with van der Waals surface area (Å²) in [7, 11) is -3.10. The number of aryl methyl sites for hydroxylation is 1. The average molecular weight is 436 g/mol. The van der Waals surface area contributed by atoms with Gasteiger partial charge in [-0.2, -0.15) is 5.10 Å². The third kappa shape index (κ3) is 4.67. The van der Waals surface area contributed by atoms with E-state index in [4.69, 9.17) is 0 Å². The van der Waals surface area contributed by atoms with Crippen LogP contribution in [0.1, 0.15) is 56.2 Å². The number of carbonyl (C=O) groups excluding carboxylic acids is 1. The Morgan fingerprint density at radius 3 is 2.53 bits per heavy atom. The van der Waals surface area contributed by atoms with Gasteiger partial charge in [-0.1, -0.05) is 13.8 Å². The van der Waals surface area contributed by atoms with E-state index in [2.05, 4.69) is 28.8 Å². The number of amides is 1. The number of pyridine rings is 1. The maximum absolute atomic E-state index is 13.7. The molecule has 0 N–H and O–H groups in total. The minimum Gasteiger partial charge on any atom is -0.333 e. The van der Waals surface area contributed by atoms with Crippen molar-refractivity contribution in [2.45, 2.75) is 53.1 Å². The van der Waals surface area contributed by atoms with Gasteiger partial charge in [0.1, 0.15) is 0 Å². The Kier molecular flexibility index (Phi) is 6.81. The summed E-state index contributed by atoms with van der Waals surface area (Å²) in [5.74, 6) is 0.0428. The zero-order valence-corrected chi connectivity index (χ0v) is 19.4. The predicted molar refractivity (Wildman–Crippen MR) is 119 cm³/mol. The molecule has 0 saturated carbocycles. The number of hydrogen-bond acceptors (Lipinski definition) is 6. The lowest BCUT2D eigenvalue weighted by molar-refractivity contribution is 0.0676. The van der Waals surface area contributed by atoms with Crippen molar-refractivity contribution in [1.29, 1.82) is 0 Å². The fourth-order valence-corrected chi connectivity index (χ4v) is 5.84. The topological polar surface area (TPSA) is 88.4 Å². The normalized spacial score (nSPS) is 18.6. The van der Waals surface area contributed by atoms with Crippen LogP contribution in [-0.2, 0) is 9.84 Å². The molecule has 30 heavy (non-hydrogen) atoms. The fourth-order valence-electron chi connectivity index (χ4n) is 4.11. The highest BCUT2D eigenvalue weighted by Crippen LogP contribution is 2.25. The van der Waals surface area contributed by atoms with Crippen LogP contribution in [0.4, 0.5) is 0 Å². The lowest BCUT2D eigenvalue weighted by Crippen LogP contribution is -2.45. The van der Waals surface area contributed by atoms with Crippen molar-refractivity contribution in [3.63, 3.8) is 0 Å². The molecule has 0 spiro atoms. The smallest absolute Gasteiger partial charge is 0.255 e. The molecule has 166 valence electrons. The van der Waals surface area contributed by atoms with Gasteiger partial charge in [0.15, 0.2) is 15.5 Å². The molecule has 0 aliphatic carbocycles. The van der Waals surface area contributed by atoms with Crippen molar-refractivity contribution >= 4 is 26.8 Å². The Morgan fingerprint density at radius 2 is 1.97 bits per heavy atom. The lowest BCUT2D eigenvalue weighted by Gasteiger charge is -2.31. The molecule has 3 rings (SSSR count). The molecule has 9 heteroatoms. The first kappa shape index (κ1) is 22.7. The average Bonchev–Trinajstić information content (AvgIpc) is 3.27. The Balaban J connectivity index is 2.00. The number of likely N-dealkylation sites (N-methyl/N-ethyl adjacent to an activating group) is 1. The molecule has 3 heterocycles. The molecule has 1 fully saturated rings. The van der Waals surface area contributed by atoms with Gasteiger partial charge in [-0.3, -0.25) is 4.79 Å². The van der Waals surface area contributed by atoms with E-state index in [0.29, 0.717) is 36.1 Å². The Morgan fingerprint density at radius 1 is 1.27 bits per heavy atom. The van der Waals surface area contributed by atoms with Crippen molar-refractivity contribution in [1.82, 2.24) is 24.6 Å². The minimum atomic E-state index is -3.10. The van der Waals surface area contributed by atoms with Gasteiger partial charge >= 0.3 is 0 Å². The summed E-state index contributed by atoms with van der Waals surface area (Å²) in [4.78, 5) is 22.3. The fraction of sp³-hybridized carbons (Fsp3) is 0.667. The standard InChI is InChI=1S/C21H33N5O3S/c1-6-24(7-2)9-10-25(17-8-11-30(28,29)14-17)21(27)18-12-16(5)23-20-19(18)13-22-26(20)15(3)4/h12-13,15,17H,6-11,14H2,1-5H3. The third-order valence-corrected chi connectivity index (χ3v) is 7.63. The molecule has 1 saturated heterocycles. The lowest BCUT2D eigenvalue weighted by atomic mass is 10.1. The molecular weight excluding hydrogens is 402 g/mol. The zero-order chi connectivity index (χ0) is 22.1. The van der Waals surface area contributed by atoms with Crippen molar-refractivity contribution in [3.05, 3.63) is 23.5 Å². The summed E-state index contributed by atoms with van der Waals surface area (Å²) in [6, 6.07) is 1.63. The molecule has 0 radical (unpaired) electrons. The van der Waals surface area contributed by atoms with E-state index in [1.165, 1.54) is 0 Å². The number of fused-ring (bicyclic) bond motifs is 1. The first-order valence-corrected chi connectivity index (χ1v) is 12.6. The van der Waals surface area contributed by atoms with E-state index in [1.54, 1.807) is 17.2 Å². The predicted octanol–water partition coefficient (Wildman–Crippen LogP) is 2.29. The van der Waals surface area contributed by atoms with E-state index in [9.17, 15) is 13.2 Å². The van der Waals surface area contributed by atoms with Gasteiger partial charge in [-0.15, -0.1) is 0 Å². The van der Waals surface area contributed by atoms with Gasteiger partial charge in [-0.25, -0.2) is 18.1 Å². The second-order valence-electron chi connectivity index (χ2n) is 8.31. The second kappa shape index (κ2) is 9.01. The van der Waals surface area contributed by atoms with Crippen LogP contribution in [-0.4, -0.2) is 82.6 Å². The van der Waals surface area contributed by atoms with Crippen molar-refractivity contribution in [3.8, 4) is 0 Å². The van der Waals surface area contributed by atoms with Gasteiger partial charge in [0.2, 0.25) is 0 Å². The Labute approximate surface area is 179 Å². The summed E-state index contributed by atoms with van der Waals surface area (Å²) in [5.41, 5.74) is 1.99. The Bertz CT molecular complexity index is 1010. The number of carbonyl (C=O) groups is 1. The SMILES string of the molecule is CCN(CC)CCN(C(=O)c1cc(C)nc2c1cnn2C(C)C)C1CCS(=O)(=O)C1. The van der Waals surface area contributed by atoms with E-state index in [0.717, 1.165) is 18.8 Å². The number of aromatic nitrogens is 3. The number of nitrogens with zero attached hydrogens (tertiary/aromatic N) is 5. The molecule has 0 bridgehead atoms. The maximum atomic E-state index is 13.7. The van der Waals surface area contributed by atoms with Crippen LogP contribution in [0.25, 0.3) is 11.0 Å². The van der Waals surface area contributed by atoms with Crippen LogP contribution in [0.3, 0.4) is 0 Å². The summed E-state index contributed by atoms with van der Waals surface area (Å²) < 4.78 is 26.1. The molecular formula is C21H33N5O3S. The molecule has 8 nitrogen and oxygen atoms in total. The monoisotopic (exact) mass is 435 g/mol. The van der Waals surface area contributed by atoms with Crippen LogP contribution in [0, 0.1) is 6.92 Å². The highest BCUT2D eigenvalue weighted by atomic mass is 32.2. The summed E-state index contributed by atoms with van der Waals surface area (Å²) in [6.07, 6.45) is 2.19. The number of rotatable bonds is 8. The van der Waals surface area contributed by atoms with Crippen molar-refractivity contribution in [2.75, 3.05) is 37.7 Å². The first-order chi connectivity index (χ1) is 14.2. The highest BCUT2D eigenvalue weighted by Gasteiger charge is 2.35. The van der Waals surface area contributed by atoms with E-state index in [1.807, 2.05) is 25.5 Å². The molecule has 1 aliphatic heterocycles. The third-order valence-electron chi connectivity index (χ3n) is 5.88. The summed E-state index contributed by atoms with van der Waals surface area (Å²) in [5, 5.41) is 5.15. The molecule has 1 unspecified atom stereocenters. The van der Waals surface area contributed by atoms with Gasteiger partial charge in [0.05, 0.1) is 28.7 Å². The van der Waals surface area contributed by atoms with Crippen molar-refractivity contribution in [2.24, 2.45) is 0 Å². The molecule has 0 aromatic carbocycles. The second-order valence-corrected chi connectivity index (χ2v) is 10.5. The van der Waals surface area contributed by atoms with Gasteiger partial charge in [-0.05, 0) is 46.3 Å². The van der Waals surface area contributed by atoms with E-state index in [-0.39, 0.29) is 29.5 Å². The molecule has 1 aliphatic rings. The number of sulfone groups is 1. The summed E-state index contributed by atoms with van der Waals surface area (Å²) in [6.45, 7) is 13.1. The largest absolute Gasteiger partial charge is 0.333 e. The van der Waals surface area contributed by atoms with Gasteiger partial charge in [0.25, 0.3) is 5.91 Å². The van der Waals surface area contributed by atoms with Crippen LogP contribution in [0.2, 0.25) is 0 Å². The van der Waals surface area contributed by atoms with E-state index >= 15 is 0 Å². The molecule has 1 atom stereocenters. The maximum Gasteiger partial charge on any atom is 0.255 e. The van der Waals surface area contributed by atoms with Crippen LogP contribution >= 0.6 is 0 Å². The molecule has 1 amide bonds. The van der Waals surface area contributed by atoms with Gasteiger partial charge < -0.3 is 9.80 Å². The quantitative estimate of drug-likeness (QED) is 0.632. The molecule has 2 aromatic rings. The van der Waals surface area contributed by atoms with Gasteiger partial charge in [0, 0.05) is 30.9 Å². The first-order valence-electron chi connectivity index (χ1n) is 10.8.